The number of halogens is 1. The summed E-state index contributed by atoms with van der Waals surface area (Å²) in [4.78, 5) is 13.1. The van der Waals surface area contributed by atoms with Gasteiger partial charge in [-0.25, -0.2) is 0 Å². The van der Waals surface area contributed by atoms with E-state index in [4.69, 9.17) is 16.3 Å². The Balaban J connectivity index is 1.74. The van der Waals surface area contributed by atoms with Crippen molar-refractivity contribution < 1.29 is 9.53 Å². The molecular weight excluding hydrogens is 328 g/mol. The van der Waals surface area contributed by atoms with Crippen LogP contribution in [-0.2, 0) is 0 Å². The fourth-order valence-corrected chi connectivity index (χ4v) is 2.83. The molecule has 0 bridgehead atoms. The van der Waals surface area contributed by atoms with Gasteiger partial charge < -0.3 is 4.74 Å². The number of allylic oxidation sites excluding steroid dienone is 1. The Hall–Kier alpha value is -2.36. The first kappa shape index (κ1) is 15.5. The third kappa shape index (κ3) is 4.09. The molecule has 2 aromatic carbocycles. The largest absolute Gasteiger partial charge is 0.456 e. The topological polar surface area (TPSA) is 26.3 Å². The molecule has 0 fully saturated rings. The minimum Gasteiger partial charge on any atom is -0.456 e. The normalized spacial score (nSPS) is 10.8. The third-order valence-electron chi connectivity index (χ3n) is 3.14. The Bertz CT molecular complexity index is 820. The number of benzene rings is 2. The van der Waals surface area contributed by atoms with Crippen molar-refractivity contribution in [2.45, 2.75) is 0 Å². The maximum atomic E-state index is 12.2. The molecule has 0 aliphatic rings. The van der Waals surface area contributed by atoms with E-state index >= 15 is 0 Å². The SMILES string of the molecule is O=C(/C=C/c1sccc1Oc1ccccc1)c1ccc(Cl)cc1. The zero-order valence-electron chi connectivity index (χ0n) is 12.1. The quantitative estimate of drug-likeness (QED) is 0.415. The summed E-state index contributed by atoms with van der Waals surface area (Å²) in [5.41, 5.74) is 0.604. The van der Waals surface area contributed by atoms with Crippen molar-refractivity contribution in [2.75, 3.05) is 0 Å². The molecule has 0 saturated heterocycles. The first-order valence-corrected chi connectivity index (χ1v) is 8.26. The van der Waals surface area contributed by atoms with E-state index in [9.17, 15) is 4.79 Å². The lowest BCUT2D eigenvalue weighted by molar-refractivity contribution is 0.104. The van der Waals surface area contributed by atoms with E-state index < -0.39 is 0 Å². The summed E-state index contributed by atoms with van der Waals surface area (Å²) in [6, 6.07) is 18.3. The van der Waals surface area contributed by atoms with Crippen LogP contribution in [0.5, 0.6) is 11.5 Å². The van der Waals surface area contributed by atoms with Gasteiger partial charge >= 0.3 is 0 Å². The number of thiophene rings is 1. The van der Waals surface area contributed by atoms with E-state index in [1.165, 1.54) is 11.3 Å². The van der Waals surface area contributed by atoms with Crippen LogP contribution in [0.1, 0.15) is 15.2 Å². The number of ketones is 1. The molecule has 114 valence electrons. The van der Waals surface area contributed by atoms with Crippen molar-refractivity contribution in [3.05, 3.63) is 87.6 Å². The molecule has 23 heavy (non-hydrogen) atoms. The van der Waals surface area contributed by atoms with E-state index in [0.717, 1.165) is 16.4 Å². The number of hydrogen-bond acceptors (Lipinski definition) is 3. The molecular formula is C19H13ClO2S. The van der Waals surface area contributed by atoms with Gasteiger partial charge in [-0.1, -0.05) is 29.8 Å². The lowest BCUT2D eigenvalue weighted by Crippen LogP contribution is -1.93. The van der Waals surface area contributed by atoms with Crippen LogP contribution in [0.25, 0.3) is 6.08 Å². The highest BCUT2D eigenvalue weighted by atomic mass is 35.5. The van der Waals surface area contributed by atoms with Gasteiger partial charge in [0.05, 0.1) is 4.88 Å². The third-order valence-corrected chi connectivity index (χ3v) is 4.26. The lowest BCUT2D eigenvalue weighted by Gasteiger charge is -2.04. The summed E-state index contributed by atoms with van der Waals surface area (Å²) in [5.74, 6) is 1.44. The van der Waals surface area contributed by atoms with Gasteiger partial charge in [-0.2, -0.15) is 0 Å². The summed E-state index contributed by atoms with van der Waals surface area (Å²) in [7, 11) is 0. The van der Waals surface area contributed by atoms with E-state index in [1.54, 1.807) is 36.4 Å². The molecule has 0 N–H and O–H groups in total. The standard InChI is InChI=1S/C19H13ClO2S/c20-15-8-6-14(7-9-15)17(21)10-11-19-18(12-13-23-19)22-16-4-2-1-3-5-16/h1-13H/b11-10+. The number of para-hydroxylation sites is 1. The van der Waals surface area contributed by atoms with Gasteiger partial charge in [0.2, 0.25) is 0 Å². The molecule has 0 amide bonds. The molecule has 0 radical (unpaired) electrons. The Labute approximate surface area is 143 Å². The van der Waals surface area contributed by atoms with Crippen LogP contribution in [0, 0.1) is 0 Å². The van der Waals surface area contributed by atoms with Gasteiger partial charge in [0.1, 0.15) is 11.5 Å². The molecule has 1 heterocycles. The van der Waals surface area contributed by atoms with Gasteiger partial charge in [0.25, 0.3) is 0 Å². The predicted molar refractivity (Wildman–Crippen MR) is 95.7 cm³/mol. The Morgan fingerprint density at radius 3 is 2.48 bits per heavy atom. The second kappa shape index (κ2) is 7.27. The second-order valence-corrected chi connectivity index (χ2v) is 6.15. The van der Waals surface area contributed by atoms with Crippen LogP contribution in [0.15, 0.2) is 72.1 Å². The van der Waals surface area contributed by atoms with E-state index in [0.29, 0.717) is 10.6 Å². The van der Waals surface area contributed by atoms with Crippen molar-refractivity contribution in [2.24, 2.45) is 0 Å². The first-order chi connectivity index (χ1) is 11.2. The van der Waals surface area contributed by atoms with E-state index in [2.05, 4.69) is 0 Å². The Morgan fingerprint density at radius 1 is 1.00 bits per heavy atom. The van der Waals surface area contributed by atoms with Gasteiger partial charge in [-0.05, 0) is 60.0 Å². The van der Waals surface area contributed by atoms with Crippen molar-refractivity contribution in [1.29, 1.82) is 0 Å². The molecule has 4 heteroatoms. The summed E-state index contributed by atoms with van der Waals surface area (Å²) in [5, 5.41) is 2.55. The van der Waals surface area contributed by atoms with Crippen molar-refractivity contribution in [3.8, 4) is 11.5 Å². The van der Waals surface area contributed by atoms with Crippen molar-refractivity contribution in [3.63, 3.8) is 0 Å². The summed E-state index contributed by atoms with van der Waals surface area (Å²) >= 11 is 7.35. The average molecular weight is 341 g/mol. The maximum Gasteiger partial charge on any atom is 0.185 e. The number of ether oxygens (including phenoxy) is 1. The molecule has 0 saturated carbocycles. The van der Waals surface area contributed by atoms with Crippen LogP contribution in [0.3, 0.4) is 0 Å². The van der Waals surface area contributed by atoms with E-state index in [1.807, 2.05) is 41.8 Å². The maximum absolute atomic E-state index is 12.2. The number of rotatable bonds is 5. The molecule has 0 atom stereocenters. The molecule has 2 nitrogen and oxygen atoms in total. The number of carbonyl (C=O) groups excluding carboxylic acids is 1. The second-order valence-electron chi connectivity index (χ2n) is 4.77. The zero-order chi connectivity index (χ0) is 16.1. The molecule has 0 unspecified atom stereocenters. The fourth-order valence-electron chi connectivity index (χ4n) is 1.99. The van der Waals surface area contributed by atoms with Crippen LogP contribution in [-0.4, -0.2) is 5.78 Å². The van der Waals surface area contributed by atoms with E-state index in [-0.39, 0.29) is 5.78 Å². The monoisotopic (exact) mass is 340 g/mol. The Kier molecular flexibility index (Phi) is 4.91. The zero-order valence-corrected chi connectivity index (χ0v) is 13.7. The highest BCUT2D eigenvalue weighted by Gasteiger charge is 2.06. The number of carbonyl (C=O) groups is 1. The van der Waals surface area contributed by atoms with Gasteiger partial charge in [-0.3, -0.25) is 4.79 Å². The Morgan fingerprint density at radius 2 is 1.74 bits per heavy atom. The minimum absolute atomic E-state index is 0.0688. The molecule has 1 aromatic heterocycles. The average Bonchev–Trinajstić information content (AvgIpc) is 3.01. The summed E-state index contributed by atoms with van der Waals surface area (Å²) in [6.45, 7) is 0. The molecule has 0 aliphatic heterocycles. The van der Waals surface area contributed by atoms with Gasteiger partial charge in [0.15, 0.2) is 5.78 Å². The summed E-state index contributed by atoms with van der Waals surface area (Å²) in [6.07, 6.45) is 3.33. The lowest BCUT2D eigenvalue weighted by atomic mass is 10.1. The highest BCUT2D eigenvalue weighted by Crippen LogP contribution is 2.30. The molecule has 0 spiro atoms. The van der Waals surface area contributed by atoms with Gasteiger partial charge in [-0.15, -0.1) is 11.3 Å². The number of hydrogen-bond donors (Lipinski definition) is 0. The first-order valence-electron chi connectivity index (χ1n) is 7.01. The van der Waals surface area contributed by atoms with Crippen LogP contribution >= 0.6 is 22.9 Å². The minimum atomic E-state index is -0.0688. The van der Waals surface area contributed by atoms with Crippen LogP contribution in [0.2, 0.25) is 5.02 Å². The van der Waals surface area contributed by atoms with Crippen LogP contribution in [0.4, 0.5) is 0 Å². The summed E-state index contributed by atoms with van der Waals surface area (Å²) < 4.78 is 5.83. The molecule has 0 aliphatic carbocycles. The fraction of sp³-hybridized carbons (Fsp3) is 0. The van der Waals surface area contributed by atoms with Gasteiger partial charge in [0, 0.05) is 10.6 Å². The highest BCUT2D eigenvalue weighted by molar-refractivity contribution is 7.11. The predicted octanol–water partition coefficient (Wildman–Crippen LogP) is 6.09. The smallest absolute Gasteiger partial charge is 0.185 e. The molecule has 3 aromatic rings. The van der Waals surface area contributed by atoms with Crippen molar-refractivity contribution in [1.82, 2.24) is 0 Å². The molecule has 3 rings (SSSR count). The van der Waals surface area contributed by atoms with Crippen LogP contribution < -0.4 is 4.74 Å². The van der Waals surface area contributed by atoms with Crippen molar-refractivity contribution >= 4 is 34.8 Å².